The maximum atomic E-state index is 11.6. The first-order valence-corrected chi connectivity index (χ1v) is 8.46. The van der Waals surface area contributed by atoms with Crippen LogP contribution in [-0.2, 0) is 9.47 Å². The van der Waals surface area contributed by atoms with Gasteiger partial charge >= 0.3 is 12.2 Å². The van der Waals surface area contributed by atoms with Gasteiger partial charge in [-0.1, -0.05) is 41.5 Å². The molecule has 0 fully saturated rings. The van der Waals surface area contributed by atoms with Crippen molar-refractivity contribution in [1.82, 2.24) is 10.6 Å². The zero-order valence-corrected chi connectivity index (χ0v) is 16.2. The van der Waals surface area contributed by atoms with Crippen molar-refractivity contribution in [2.45, 2.75) is 66.6 Å². The third-order valence-electron chi connectivity index (χ3n) is 3.04. The summed E-state index contributed by atoms with van der Waals surface area (Å²) in [6.07, 6.45) is -1.83. The van der Waals surface area contributed by atoms with Gasteiger partial charge in [-0.15, -0.1) is 0 Å². The van der Waals surface area contributed by atoms with E-state index >= 15 is 0 Å². The zero-order valence-electron chi connectivity index (χ0n) is 16.2. The molecule has 0 aromatic carbocycles. The summed E-state index contributed by atoms with van der Waals surface area (Å²) in [5.74, 6) is 0. The Hall–Kier alpha value is -1.54. The summed E-state index contributed by atoms with van der Waals surface area (Å²) in [5.41, 5.74) is -0.162. The van der Waals surface area contributed by atoms with Gasteiger partial charge in [-0.05, 0) is 23.7 Å². The quantitative estimate of drug-likeness (QED) is 0.491. The van der Waals surface area contributed by atoms with E-state index in [-0.39, 0.29) is 30.7 Å². The lowest BCUT2D eigenvalue weighted by Gasteiger charge is -2.24. The number of carbonyl (C=O) groups is 2. The Morgan fingerprint density at radius 3 is 1.96 bits per heavy atom. The minimum atomic E-state index is -0.748. The molecule has 0 heterocycles. The molecule has 2 amide bonds. The van der Waals surface area contributed by atoms with E-state index in [4.69, 9.17) is 9.47 Å². The van der Waals surface area contributed by atoms with Crippen LogP contribution in [-0.4, -0.2) is 54.5 Å². The Balaban J connectivity index is 3.98. The second-order valence-corrected chi connectivity index (χ2v) is 8.52. The summed E-state index contributed by atoms with van der Waals surface area (Å²) >= 11 is 0. The number of hydrogen-bond acceptors (Lipinski definition) is 6. The van der Waals surface area contributed by atoms with Crippen molar-refractivity contribution in [3.05, 3.63) is 0 Å². The molecule has 0 bridgehead atoms. The Morgan fingerprint density at radius 2 is 1.48 bits per heavy atom. The number of hydrogen-bond donors (Lipinski definition) is 4. The van der Waals surface area contributed by atoms with Crippen molar-refractivity contribution in [3.63, 3.8) is 0 Å². The maximum absolute atomic E-state index is 11.6. The van der Waals surface area contributed by atoms with E-state index in [1.54, 1.807) is 0 Å². The van der Waals surface area contributed by atoms with E-state index in [9.17, 15) is 19.8 Å². The number of amides is 2. The van der Waals surface area contributed by atoms with Gasteiger partial charge in [0, 0.05) is 0 Å². The highest BCUT2D eigenvalue weighted by Crippen LogP contribution is 2.22. The van der Waals surface area contributed by atoms with Gasteiger partial charge in [-0.25, -0.2) is 9.59 Å². The molecule has 2 unspecified atom stereocenters. The Morgan fingerprint density at radius 1 is 0.960 bits per heavy atom. The lowest BCUT2D eigenvalue weighted by molar-refractivity contribution is 0.0328. The van der Waals surface area contributed by atoms with Crippen LogP contribution in [0.15, 0.2) is 0 Å². The Kier molecular flexibility index (Phi) is 9.81. The van der Waals surface area contributed by atoms with Gasteiger partial charge in [-0.3, -0.25) is 0 Å². The molecule has 0 aliphatic rings. The second kappa shape index (κ2) is 10.5. The molecule has 0 aromatic heterocycles. The Bertz CT molecular complexity index is 414. The minimum Gasteiger partial charge on any atom is -0.447 e. The van der Waals surface area contributed by atoms with Crippen LogP contribution in [0.1, 0.15) is 54.4 Å². The highest BCUT2D eigenvalue weighted by atomic mass is 16.6. The summed E-state index contributed by atoms with van der Waals surface area (Å²) < 4.78 is 9.95. The fourth-order valence-corrected chi connectivity index (χ4v) is 2.20. The van der Waals surface area contributed by atoms with E-state index in [0.29, 0.717) is 12.8 Å². The van der Waals surface area contributed by atoms with Crippen LogP contribution in [0.4, 0.5) is 9.59 Å². The van der Waals surface area contributed by atoms with Crippen LogP contribution >= 0.6 is 0 Å². The van der Waals surface area contributed by atoms with Crippen LogP contribution in [0.2, 0.25) is 0 Å². The first-order valence-electron chi connectivity index (χ1n) is 8.46. The fourth-order valence-electron chi connectivity index (χ4n) is 2.20. The van der Waals surface area contributed by atoms with E-state index in [1.807, 2.05) is 41.5 Å². The number of aliphatic hydroxyl groups excluding tert-OH is 2. The highest BCUT2D eigenvalue weighted by molar-refractivity contribution is 5.70. The van der Waals surface area contributed by atoms with Crippen LogP contribution in [0.25, 0.3) is 0 Å². The molecule has 0 aliphatic heterocycles. The molecule has 8 heteroatoms. The number of carbonyl (C=O) groups excluding carboxylic acids is 2. The lowest BCUT2D eigenvalue weighted by Crippen LogP contribution is -2.40. The predicted octanol–water partition coefficient (Wildman–Crippen LogP) is 1.99. The van der Waals surface area contributed by atoms with Crippen molar-refractivity contribution >= 4 is 12.2 Å². The SMILES string of the molecule is CC(C)(C)CC(O)COC(=O)NCNC(=O)OC(CO)CC(C)(C)C. The normalized spacial score (nSPS) is 14.4. The van der Waals surface area contributed by atoms with Crippen LogP contribution in [0, 0.1) is 10.8 Å². The van der Waals surface area contributed by atoms with E-state index in [2.05, 4.69) is 10.6 Å². The molecule has 0 radical (unpaired) electrons. The molecule has 4 N–H and O–H groups in total. The molecule has 2 atom stereocenters. The van der Waals surface area contributed by atoms with Crippen molar-refractivity contribution in [1.29, 1.82) is 0 Å². The van der Waals surface area contributed by atoms with Gasteiger partial charge in [-0.2, -0.15) is 0 Å². The van der Waals surface area contributed by atoms with E-state index in [0.717, 1.165) is 0 Å². The molecule has 148 valence electrons. The number of rotatable bonds is 8. The fraction of sp³-hybridized carbons (Fsp3) is 0.882. The van der Waals surface area contributed by atoms with Gasteiger partial charge in [0.1, 0.15) is 12.7 Å². The molecule has 0 aromatic rings. The standard InChI is InChI=1S/C17H34N2O6/c1-16(2,3)7-12(21)10-24-14(22)18-11-19-15(23)25-13(9-20)8-17(4,5)6/h12-13,20-21H,7-11H2,1-6H3,(H,18,22)(H,19,23). The van der Waals surface area contributed by atoms with Crippen molar-refractivity contribution in [2.24, 2.45) is 10.8 Å². The number of ether oxygens (including phenoxy) is 2. The maximum Gasteiger partial charge on any atom is 0.408 e. The molecular weight excluding hydrogens is 328 g/mol. The van der Waals surface area contributed by atoms with Gasteiger partial charge in [0.05, 0.1) is 19.4 Å². The van der Waals surface area contributed by atoms with Gasteiger partial charge in [0.2, 0.25) is 0 Å². The van der Waals surface area contributed by atoms with Crippen LogP contribution in [0.3, 0.4) is 0 Å². The first kappa shape index (κ1) is 23.5. The summed E-state index contributed by atoms with van der Waals surface area (Å²) in [6, 6.07) is 0. The van der Waals surface area contributed by atoms with Gasteiger partial charge < -0.3 is 30.3 Å². The molecule has 8 nitrogen and oxygen atoms in total. The third kappa shape index (κ3) is 14.5. The average Bonchev–Trinajstić information content (AvgIpc) is 2.41. The van der Waals surface area contributed by atoms with E-state index < -0.39 is 24.4 Å². The molecule has 0 saturated heterocycles. The number of aliphatic hydroxyl groups is 2. The van der Waals surface area contributed by atoms with Crippen molar-refractivity contribution in [3.8, 4) is 0 Å². The van der Waals surface area contributed by atoms with Crippen LogP contribution in [0.5, 0.6) is 0 Å². The van der Waals surface area contributed by atoms with Crippen molar-refractivity contribution < 1.29 is 29.3 Å². The number of nitrogens with one attached hydrogen (secondary N) is 2. The molecule has 0 rings (SSSR count). The summed E-state index contributed by atoms with van der Waals surface area (Å²) in [4.78, 5) is 23.1. The predicted molar refractivity (Wildman–Crippen MR) is 94.0 cm³/mol. The van der Waals surface area contributed by atoms with Crippen LogP contribution < -0.4 is 10.6 Å². The topological polar surface area (TPSA) is 117 Å². The minimum absolute atomic E-state index is 0.0686. The molecule has 0 aliphatic carbocycles. The monoisotopic (exact) mass is 362 g/mol. The van der Waals surface area contributed by atoms with Gasteiger partial charge in [0.15, 0.2) is 0 Å². The van der Waals surface area contributed by atoms with Gasteiger partial charge in [0.25, 0.3) is 0 Å². The Labute approximate surface area is 150 Å². The second-order valence-electron chi connectivity index (χ2n) is 8.52. The van der Waals surface area contributed by atoms with E-state index in [1.165, 1.54) is 0 Å². The molecule has 0 spiro atoms. The lowest BCUT2D eigenvalue weighted by atomic mass is 9.89. The smallest absolute Gasteiger partial charge is 0.408 e. The molecular formula is C17H34N2O6. The first-order chi connectivity index (χ1) is 11.3. The summed E-state index contributed by atoms with van der Waals surface area (Å²) in [5, 5.41) is 23.7. The summed E-state index contributed by atoms with van der Waals surface area (Å²) in [7, 11) is 0. The third-order valence-corrected chi connectivity index (χ3v) is 3.04. The zero-order chi connectivity index (χ0) is 19.7. The number of alkyl carbamates (subject to hydrolysis) is 2. The summed E-state index contributed by atoms with van der Waals surface area (Å²) in [6.45, 7) is 11.3. The molecule has 25 heavy (non-hydrogen) atoms. The molecule has 0 saturated carbocycles. The largest absolute Gasteiger partial charge is 0.447 e. The highest BCUT2D eigenvalue weighted by Gasteiger charge is 2.21. The van der Waals surface area contributed by atoms with Crippen molar-refractivity contribution in [2.75, 3.05) is 19.9 Å². The average molecular weight is 362 g/mol.